The van der Waals surface area contributed by atoms with E-state index < -0.39 is 6.09 Å². The van der Waals surface area contributed by atoms with Crippen LogP contribution in [0.15, 0.2) is 42.5 Å². The summed E-state index contributed by atoms with van der Waals surface area (Å²) in [6.45, 7) is 4.11. The topological polar surface area (TPSA) is 63.7 Å². The number of benzene rings is 1. The summed E-state index contributed by atoms with van der Waals surface area (Å²) >= 11 is 0. The van der Waals surface area contributed by atoms with Crippen molar-refractivity contribution in [2.45, 2.75) is 32.7 Å². The highest BCUT2D eigenvalue weighted by Crippen LogP contribution is 2.19. The Morgan fingerprint density at radius 1 is 1.33 bits per heavy atom. The first-order chi connectivity index (χ1) is 11.5. The van der Waals surface area contributed by atoms with Gasteiger partial charge in [-0.3, -0.25) is 4.79 Å². The summed E-state index contributed by atoms with van der Waals surface area (Å²) in [7, 11) is 0. The average Bonchev–Trinajstić information content (AvgIpc) is 2.94. The number of carbonyl (C=O) groups is 3. The summed E-state index contributed by atoms with van der Waals surface area (Å²) in [5, 5.41) is 0. The first-order valence-corrected chi connectivity index (χ1v) is 8.18. The van der Waals surface area contributed by atoms with Gasteiger partial charge in [0.15, 0.2) is 0 Å². The molecule has 0 saturated carbocycles. The van der Waals surface area contributed by atoms with E-state index in [9.17, 15) is 14.4 Å². The Morgan fingerprint density at radius 2 is 2.04 bits per heavy atom. The second-order valence-electron chi connectivity index (χ2n) is 6.23. The monoisotopic (exact) mass is 329 g/mol. The Hall–Kier alpha value is -2.43. The zero-order chi connectivity index (χ0) is 17.5. The fourth-order valence-electron chi connectivity index (χ4n) is 2.64. The van der Waals surface area contributed by atoms with Gasteiger partial charge in [-0.15, -0.1) is 0 Å². The third-order valence-corrected chi connectivity index (χ3v) is 4.42. The molecule has 1 saturated heterocycles. The molecule has 5 nitrogen and oxygen atoms in total. The fourth-order valence-corrected chi connectivity index (χ4v) is 2.64. The Morgan fingerprint density at radius 3 is 2.71 bits per heavy atom. The van der Waals surface area contributed by atoms with Crippen molar-refractivity contribution in [2.75, 3.05) is 6.61 Å². The maximum absolute atomic E-state index is 12.4. The molecular formula is C19H23NO4. The summed E-state index contributed by atoms with van der Waals surface area (Å²) < 4.78 is 5.05. The van der Waals surface area contributed by atoms with Gasteiger partial charge in [-0.05, 0) is 29.9 Å². The van der Waals surface area contributed by atoms with Crippen LogP contribution in [0.3, 0.4) is 0 Å². The van der Waals surface area contributed by atoms with Crippen molar-refractivity contribution < 1.29 is 19.1 Å². The maximum Gasteiger partial charge on any atom is 0.417 e. The Labute approximate surface area is 142 Å². The molecule has 2 amide bonds. The van der Waals surface area contributed by atoms with E-state index in [0.717, 1.165) is 11.8 Å². The Balaban J connectivity index is 2.02. The normalized spacial score (nSPS) is 20.0. The molecule has 0 bridgehead atoms. The number of rotatable bonds is 7. The summed E-state index contributed by atoms with van der Waals surface area (Å²) in [4.78, 5) is 36.1. The molecule has 2 rings (SSSR count). The molecule has 1 aromatic carbocycles. The van der Waals surface area contributed by atoms with Crippen LogP contribution < -0.4 is 0 Å². The summed E-state index contributed by atoms with van der Waals surface area (Å²) in [6.07, 6.45) is 4.47. The Kier molecular flexibility index (Phi) is 6.29. The molecule has 1 fully saturated rings. The number of cyclic esters (lactones) is 1. The number of allylic oxidation sites excluding steroid dienone is 1. The van der Waals surface area contributed by atoms with Crippen LogP contribution in [-0.2, 0) is 20.7 Å². The van der Waals surface area contributed by atoms with Gasteiger partial charge in [-0.25, -0.2) is 9.69 Å². The van der Waals surface area contributed by atoms with E-state index in [2.05, 4.69) is 0 Å². The molecule has 0 spiro atoms. The molecule has 3 atom stereocenters. The molecule has 1 aliphatic heterocycles. The summed E-state index contributed by atoms with van der Waals surface area (Å²) in [6, 6.07) is 9.41. The van der Waals surface area contributed by atoms with Crippen LogP contribution in [0.2, 0.25) is 0 Å². The lowest BCUT2D eigenvalue weighted by molar-refractivity contribution is -0.124. The van der Waals surface area contributed by atoms with Gasteiger partial charge in [-0.2, -0.15) is 0 Å². The van der Waals surface area contributed by atoms with E-state index in [1.165, 1.54) is 11.0 Å². The number of nitrogens with zero attached hydrogens (tertiary/aromatic N) is 1. The van der Waals surface area contributed by atoms with E-state index in [1.54, 1.807) is 6.08 Å². The molecular weight excluding hydrogens is 306 g/mol. The highest BCUT2D eigenvalue weighted by molar-refractivity contribution is 5.99. The smallest absolute Gasteiger partial charge is 0.417 e. The number of imide groups is 1. The molecule has 0 N–H and O–H groups in total. The van der Waals surface area contributed by atoms with Crippen molar-refractivity contribution in [2.24, 2.45) is 11.8 Å². The van der Waals surface area contributed by atoms with Crippen LogP contribution in [-0.4, -0.2) is 35.8 Å². The summed E-state index contributed by atoms with van der Waals surface area (Å²) in [5.74, 6) is -0.147. The molecule has 24 heavy (non-hydrogen) atoms. The minimum atomic E-state index is -0.598. The molecule has 1 aliphatic rings. The molecule has 128 valence electrons. The third-order valence-electron chi connectivity index (χ3n) is 4.42. The maximum atomic E-state index is 12.4. The second-order valence-corrected chi connectivity index (χ2v) is 6.23. The minimum absolute atomic E-state index is 0.0744. The van der Waals surface area contributed by atoms with Crippen LogP contribution in [0, 0.1) is 11.8 Å². The highest BCUT2D eigenvalue weighted by atomic mass is 16.6. The van der Waals surface area contributed by atoms with E-state index in [4.69, 9.17) is 4.74 Å². The first-order valence-electron chi connectivity index (χ1n) is 8.18. The Bertz CT molecular complexity index is 611. The van der Waals surface area contributed by atoms with Gasteiger partial charge >= 0.3 is 6.09 Å². The number of carbonyl (C=O) groups excluding carboxylic acids is 3. The van der Waals surface area contributed by atoms with E-state index in [0.29, 0.717) is 12.8 Å². The van der Waals surface area contributed by atoms with E-state index in [-0.39, 0.29) is 30.4 Å². The van der Waals surface area contributed by atoms with Crippen molar-refractivity contribution >= 4 is 18.3 Å². The predicted molar refractivity (Wildman–Crippen MR) is 90.3 cm³/mol. The van der Waals surface area contributed by atoms with Crippen molar-refractivity contribution in [1.29, 1.82) is 0 Å². The van der Waals surface area contributed by atoms with Crippen molar-refractivity contribution in [3.05, 3.63) is 48.0 Å². The lowest BCUT2D eigenvalue weighted by atomic mass is 9.93. The molecule has 5 heteroatoms. The van der Waals surface area contributed by atoms with Crippen LogP contribution in [0.5, 0.6) is 0 Å². The van der Waals surface area contributed by atoms with Crippen LogP contribution in [0.1, 0.15) is 25.8 Å². The number of aldehydes is 1. The second kappa shape index (κ2) is 8.43. The zero-order valence-corrected chi connectivity index (χ0v) is 14.1. The van der Waals surface area contributed by atoms with Crippen molar-refractivity contribution in [3.63, 3.8) is 0 Å². The van der Waals surface area contributed by atoms with Crippen LogP contribution >= 0.6 is 0 Å². The lowest BCUT2D eigenvalue weighted by Crippen LogP contribution is -2.39. The zero-order valence-electron chi connectivity index (χ0n) is 14.1. The van der Waals surface area contributed by atoms with Gasteiger partial charge < -0.3 is 9.53 Å². The van der Waals surface area contributed by atoms with Crippen LogP contribution in [0.4, 0.5) is 4.79 Å². The minimum Gasteiger partial charge on any atom is -0.447 e. The van der Waals surface area contributed by atoms with Crippen LogP contribution in [0.25, 0.3) is 0 Å². The number of ether oxygens (including phenoxy) is 1. The lowest BCUT2D eigenvalue weighted by Gasteiger charge is -2.19. The highest BCUT2D eigenvalue weighted by Gasteiger charge is 2.36. The third kappa shape index (κ3) is 4.54. The molecule has 1 heterocycles. The number of hydrogen-bond acceptors (Lipinski definition) is 4. The van der Waals surface area contributed by atoms with Crippen molar-refractivity contribution in [1.82, 2.24) is 4.90 Å². The van der Waals surface area contributed by atoms with E-state index >= 15 is 0 Å². The SMILES string of the molecule is C[C@H](/C=C/C(=O)N1C(=O)OC[C@@H]1Cc1ccccc1)[C@H](C)CC=O. The van der Waals surface area contributed by atoms with Gasteiger partial charge in [0, 0.05) is 6.42 Å². The number of amides is 2. The molecule has 0 aromatic heterocycles. The quantitative estimate of drug-likeness (QED) is 0.570. The molecule has 0 aliphatic carbocycles. The largest absolute Gasteiger partial charge is 0.447 e. The standard InChI is InChI=1S/C19H23NO4/c1-14(15(2)10-11-21)8-9-18(22)20-17(13-24-19(20)23)12-16-6-4-3-5-7-16/h3-9,11,14-15,17H,10,12-13H2,1-2H3/b9-8+/t14-,15-,17+/m1/s1. The predicted octanol–water partition coefficient (Wildman–Crippen LogP) is 2.99. The molecule has 0 unspecified atom stereocenters. The molecule has 0 radical (unpaired) electrons. The van der Waals surface area contributed by atoms with Gasteiger partial charge in [0.2, 0.25) is 0 Å². The van der Waals surface area contributed by atoms with Gasteiger partial charge in [0.05, 0.1) is 6.04 Å². The van der Waals surface area contributed by atoms with Gasteiger partial charge in [0.25, 0.3) is 5.91 Å². The first kappa shape index (κ1) is 17.9. The van der Waals surface area contributed by atoms with E-state index in [1.807, 2.05) is 44.2 Å². The average molecular weight is 329 g/mol. The molecule has 1 aromatic rings. The van der Waals surface area contributed by atoms with Gasteiger partial charge in [-0.1, -0.05) is 50.3 Å². The number of hydrogen-bond donors (Lipinski definition) is 0. The summed E-state index contributed by atoms with van der Waals surface area (Å²) in [5.41, 5.74) is 1.05. The fraction of sp³-hybridized carbons (Fsp3) is 0.421. The van der Waals surface area contributed by atoms with Crippen molar-refractivity contribution in [3.8, 4) is 0 Å². The van der Waals surface area contributed by atoms with Gasteiger partial charge in [0.1, 0.15) is 12.9 Å².